The summed E-state index contributed by atoms with van der Waals surface area (Å²) in [5.41, 5.74) is 0.905. The molecule has 2 heterocycles. The molecule has 7 heteroatoms. The van der Waals surface area contributed by atoms with E-state index in [0.717, 1.165) is 64.5 Å². The molecular weight excluding hydrogens is 373 g/mol. The van der Waals surface area contributed by atoms with Crippen molar-refractivity contribution in [2.24, 2.45) is 0 Å². The van der Waals surface area contributed by atoms with Crippen LogP contribution in [0.15, 0.2) is 18.2 Å². The number of likely N-dealkylation sites (N-methyl/N-ethyl adjacent to an activating group) is 1. The van der Waals surface area contributed by atoms with Gasteiger partial charge in [-0.3, -0.25) is 14.6 Å². The molecule has 0 unspecified atom stereocenters. The van der Waals surface area contributed by atoms with E-state index < -0.39 is 0 Å². The highest BCUT2D eigenvalue weighted by molar-refractivity contribution is 6.42. The number of piperazine rings is 1. The van der Waals surface area contributed by atoms with Crippen LogP contribution in [0.2, 0.25) is 10.0 Å². The van der Waals surface area contributed by atoms with E-state index >= 15 is 0 Å². The Morgan fingerprint density at radius 3 is 2.58 bits per heavy atom. The highest BCUT2D eigenvalue weighted by atomic mass is 35.5. The van der Waals surface area contributed by atoms with Crippen LogP contribution in [-0.4, -0.2) is 85.7 Å². The summed E-state index contributed by atoms with van der Waals surface area (Å²) in [6, 6.07) is 5.38. The molecule has 0 radical (unpaired) electrons. The number of halogens is 2. The molecule has 3 rings (SSSR count). The van der Waals surface area contributed by atoms with Crippen molar-refractivity contribution >= 4 is 29.1 Å². The Labute approximate surface area is 165 Å². The molecule has 2 aliphatic heterocycles. The van der Waals surface area contributed by atoms with Crippen LogP contribution in [0.3, 0.4) is 0 Å². The first-order valence-electron chi connectivity index (χ1n) is 9.33. The summed E-state index contributed by atoms with van der Waals surface area (Å²) in [4.78, 5) is 19.3. The molecule has 0 aromatic heterocycles. The van der Waals surface area contributed by atoms with Gasteiger partial charge < -0.3 is 9.64 Å². The van der Waals surface area contributed by atoms with Crippen molar-refractivity contribution < 1.29 is 9.53 Å². The minimum Gasteiger partial charge on any atom is -0.374 e. The predicted molar refractivity (Wildman–Crippen MR) is 105 cm³/mol. The average Bonchev–Trinajstić information content (AvgIpc) is 2.65. The van der Waals surface area contributed by atoms with Gasteiger partial charge >= 0.3 is 0 Å². The molecule has 1 atom stereocenters. The third-order valence-electron chi connectivity index (χ3n) is 5.20. The van der Waals surface area contributed by atoms with E-state index in [0.29, 0.717) is 16.5 Å². The van der Waals surface area contributed by atoms with Crippen LogP contribution in [0.4, 0.5) is 0 Å². The average molecular weight is 400 g/mol. The molecule has 1 amide bonds. The minimum atomic E-state index is 0.147. The summed E-state index contributed by atoms with van der Waals surface area (Å²) in [7, 11) is 0. The van der Waals surface area contributed by atoms with Gasteiger partial charge in [0.25, 0.3) is 0 Å². The number of rotatable bonds is 5. The van der Waals surface area contributed by atoms with E-state index in [1.807, 2.05) is 11.0 Å². The maximum Gasteiger partial charge on any atom is 0.227 e. The zero-order valence-corrected chi connectivity index (χ0v) is 16.8. The second-order valence-electron chi connectivity index (χ2n) is 6.99. The van der Waals surface area contributed by atoms with Gasteiger partial charge in [0.1, 0.15) is 0 Å². The van der Waals surface area contributed by atoms with E-state index in [2.05, 4.69) is 16.7 Å². The highest BCUT2D eigenvalue weighted by Gasteiger charge is 2.26. The number of ether oxygens (including phenoxy) is 1. The van der Waals surface area contributed by atoms with Crippen LogP contribution in [0.25, 0.3) is 0 Å². The van der Waals surface area contributed by atoms with Gasteiger partial charge in [-0.25, -0.2) is 0 Å². The fourth-order valence-electron chi connectivity index (χ4n) is 3.58. The first-order valence-corrected chi connectivity index (χ1v) is 10.1. The van der Waals surface area contributed by atoms with Gasteiger partial charge in [-0.15, -0.1) is 0 Å². The van der Waals surface area contributed by atoms with E-state index in [-0.39, 0.29) is 12.0 Å². The zero-order valence-electron chi connectivity index (χ0n) is 15.3. The van der Waals surface area contributed by atoms with Crippen LogP contribution in [0, 0.1) is 0 Å². The third kappa shape index (κ3) is 5.33. The van der Waals surface area contributed by atoms with Gasteiger partial charge in [0.2, 0.25) is 5.91 Å². The Hall–Kier alpha value is -0.850. The largest absolute Gasteiger partial charge is 0.374 e. The molecule has 2 fully saturated rings. The van der Waals surface area contributed by atoms with Crippen LogP contribution in [0.1, 0.15) is 12.5 Å². The first kappa shape index (κ1) is 19.9. The van der Waals surface area contributed by atoms with E-state index in [1.54, 1.807) is 12.1 Å². The van der Waals surface area contributed by atoms with E-state index in [1.165, 1.54) is 0 Å². The normalized spacial score (nSPS) is 22.6. The molecule has 0 saturated carbocycles. The van der Waals surface area contributed by atoms with Crippen LogP contribution in [-0.2, 0) is 16.0 Å². The fourth-order valence-corrected chi connectivity index (χ4v) is 3.90. The van der Waals surface area contributed by atoms with E-state index in [4.69, 9.17) is 27.9 Å². The highest BCUT2D eigenvalue weighted by Crippen LogP contribution is 2.23. The van der Waals surface area contributed by atoms with Crippen molar-refractivity contribution in [1.29, 1.82) is 0 Å². The summed E-state index contributed by atoms with van der Waals surface area (Å²) in [6.07, 6.45) is 0.649. The Balaban J connectivity index is 1.44. The van der Waals surface area contributed by atoms with Gasteiger partial charge in [-0.2, -0.15) is 0 Å². The molecule has 2 saturated heterocycles. The van der Waals surface area contributed by atoms with Gasteiger partial charge in [0.05, 0.1) is 29.2 Å². The van der Waals surface area contributed by atoms with Crippen molar-refractivity contribution in [2.45, 2.75) is 19.4 Å². The standard InChI is InChI=1S/C19H27Cl2N3O2/c1-2-22-9-10-26-16(13-22)14-23-5-7-24(8-6-23)19(25)12-15-3-4-17(20)18(21)11-15/h3-4,11,16H,2,5-10,12-14H2,1H3/t16-/m1/s1. The topological polar surface area (TPSA) is 36.0 Å². The number of nitrogens with zero attached hydrogens (tertiary/aromatic N) is 3. The Bertz CT molecular complexity index is 621. The summed E-state index contributed by atoms with van der Waals surface area (Å²) in [6.45, 7) is 10.4. The van der Waals surface area contributed by atoms with Crippen molar-refractivity contribution in [3.63, 3.8) is 0 Å². The molecule has 0 spiro atoms. The lowest BCUT2D eigenvalue weighted by Crippen LogP contribution is -2.53. The Kier molecular flexibility index (Phi) is 7.18. The molecule has 1 aromatic carbocycles. The van der Waals surface area contributed by atoms with Crippen molar-refractivity contribution in [2.75, 3.05) is 59.0 Å². The van der Waals surface area contributed by atoms with Crippen molar-refractivity contribution in [3.8, 4) is 0 Å². The molecule has 1 aromatic rings. The second-order valence-corrected chi connectivity index (χ2v) is 7.81. The van der Waals surface area contributed by atoms with Gasteiger partial charge in [-0.05, 0) is 24.2 Å². The zero-order chi connectivity index (χ0) is 18.5. The Morgan fingerprint density at radius 2 is 1.88 bits per heavy atom. The summed E-state index contributed by atoms with van der Waals surface area (Å²) < 4.78 is 5.90. The van der Waals surface area contributed by atoms with Gasteiger partial charge in [-0.1, -0.05) is 36.2 Å². The molecular formula is C19H27Cl2N3O2. The van der Waals surface area contributed by atoms with Gasteiger partial charge in [0, 0.05) is 45.8 Å². The number of carbonyl (C=O) groups excluding carboxylic acids is 1. The number of hydrogen-bond donors (Lipinski definition) is 0. The molecule has 2 aliphatic rings. The number of amides is 1. The molecule has 144 valence electrons. The number of carbonyl (C=O) groups is 1. The Morgan fingerprint density at radius 1 is 1.12 bits per heavy atom. The molecule has 5 nitrogen and oxygen atoms in total. The summed E-state index contributed by atoms with van der Waals surface area (Å²) >= 11 is 12.0. The lowest BCUT2D eigenvalue weighted by atomic mass is 10.1. The summed E-state index contributed by atoms with van der Waals surface area (Å²) in [5, 5.41) is 1.01. The molecule has 0 aliphatic carbocycles. The predicted octanol–water partition coefficient (Wildman–Crippen LogP) is 2.40. The minimum absolute atomic E-state index is 0.147. The van der Waals surface area contributed by atoms with Crippen LogP contribution >= 0.6 is 23.2 Å². The second kappa shape index (κ2) is 9.38. The van der Waals surface area contributed by atoms with Gasteiger partial charge in [0.15, 0.2) is 0 Å². The lowest BCUT2D eigenvalue weighted by molar-refractivity contribution is -0.132. The van der Waals surface area contributed by atoms with Crippen molar-refractivity contribution in [3.05, 3.63) is 33.8 Å². The molecule has 26 heavy (non-hydrogen) atoms. The lowest BCUT2D eigenvalue weighted by Gasteiger charge is -2.39. The van der Waals surface area contributed by atoms with Crippen molar-refractivity contribution in [1.82, 2.24) is 14.7 Å². The number of morpholine rings is 1. The number of hydrogen-bond acceptors (Lipinski definition) is 4. The molecule has 0 bridgehead atoms. The maximum absolute atomic E-state index is 12.5. The smallest absolute Gasteiger partial charge is 0.227 e. The van der Waals surface area contributed by atoms with Crippen LogP contribution in [0.5, 0.6) is 0 Å². The number of benzene rings is 1. The molecule has 0 N–H and O–H groups in total. The van der Waals surface area contributed by atoms with Crippen LogP contribution < -0.4 is 0 Å². The fraction of sp³-hybridized carbons (Fsp3) is 0.632. The SMILES string of the molecule is CCN1CCO[C@@H](CN2CCN(C(=O)Cc3ccc(Cl)c(Cl)c3)CC2)C1. The third-order valence-corrected chi connectivity index (χ3v) is 5.94. The maximum atomic E-state index is 12.5. The first-order chi connectivity index (χ1) is 12.5. The summed E-state index contributed by atoms with van der Waals surface area (Å²) in [5.74, 6) is 0.147. The monoisotopic (exact) mass is 399 g/mol. The van der Waals surface area contributed by atoms with E-state index in [9.17, 15) is 4.79 Å². The quantitative estimate of drug-likeness (QED) is 0.761.